The second-order valence-corrected chi connectivity index (χ2v) is 5.69. The number of nitrogens with two attached hydrogens (primary N) is 1. The summed E-state index contributed by atoms with van der Waals surface area (Å²) in [7, 11) is 0. The first kappa shape index (κ1) is 12.3. The van der Waals surface area contributed by atoms with Crippen molar-refractivity contribution >= 4 is 17.5 Å². The third-order valence-corrected chi connectivity index (χ3v) is 3.72. The third-order valence-electron chi connectivity index (χ3n) is 3.72. The van der Waals surface area contributed by atoms with Crippen molar-refractivity contribution in [3.63, 3.8) is 0 Å². The zero-order valence-corrected chi connectivity index (χ0v) is 10.3. The number of amidine groups is 1. The summed E-state index contributed by atoms with van der Waals surface area (Å²) in [6.07, 6.45) is 0. The molecule has 0 radical (unpaired) electrons. The second-order valence-electron chi connectivity index (χ2n) is 5.69. The minimum atomic E-state index is -1.70. The maximum absolute atomic E-state index is 12.3. The van der Waals surface area contributed by atoms with Gasteiger partial charge in [-0.3, -0.25) is 9.59 Å². The van der Waals surface area contributed by atoms with Gasteiger partial charge in [-0.15, -0.1) is 0 Å². The predicted molar refractivity (Wildman–Crippen MR) is 60.7 cm³/mol. The van der Waals surface area contributed by atoms with Gasteiger partial charge in [-0.05, 0) is 0 Å². The monoisotopic (exact) mass is 244 g/mol. The van der Waals surface area contributed by atoms with Crippen molar-refractivity contribution in [1.29, 1.82) is 10.5 Å². The van der Waals surface area contributed by atoms with E-state index in [9.17, 15) is 20.1 Å². The number of nitrogens with zero attached hydrogens (tertiary/aromatic N) is 3. The highest BCUT2D eigenvalue weighted by Gasteiger charge is 2.90. The van der Waals surface area contributed by atoms with Crippen molar-refractivity contribution < 1.29 is 9.59 Å². The number of amides is 1. The first-order chi connectivity index (χ1) is 8.20. The molecule has 1 fully saturated rings. The van der Waals surface area contributed by atoms with Gasteiger partial charge in [-0.1, -0.05) is 20.8 Å². The molecule has 2 aliphatic rings. The molecule has 3 atom stereocenters. The Labute approximate surface area is 104 Å². The number of nitriles is 2. The van der Waals surface area contributed by atoms with Crippen molar-refractivity contribution in [1.82, 2.24) is 0 Å². The zero-order valence-electron chi connectivity index (χ0n) is 10.3. The molecule has 1 aliphatic heterocycles. The summed E-state index contributed by atoms with van der Waals surface area (Å²) in [5, 5.41) is 18.5. The maximum atomic E-state index is 12.3. The fraction of sp³-hybridized carbons (Fsp3) is 0.583. The molecule has 1 saturated carbocycles. The quantitative estimate of drug-likeness (QED) is 0.703. The van der Waals surface area contributed by atoms with E-state index in [-0.39, 0.29) is 11.6 Å². The summed E-state index contributed by atoms with van der Waals surface area (Å²) in [5.41, 5.74) is 1.59. The molecule has 0 saturated heterocycles. The molecule has 2 rings (SSSR count). The van der Waals surface area contributed by atoms with Gasteiger partial charge in [0.05, 0.1) is 18.1 Å². The highest BCUT2D eigenvalue weighted by molar-refractivity contribution is 6.22. The Kier molecular flexibility index (Phi) is 2.02. The summed E-state index contributed by atoms with van der Waals surface area (Å²) in [4.78, 5) is 27.6. The molecule has 2 N–H and O–H groups in total. The van der Waals surface area contributed by atoms with Crippen molar-refractivity contribution in [2.75, 3.05) is 0 Å². The lowest BCUT2D eigenvalue weighted by molar-refractivity contribution is -0.131. The zero-order chi connectivity index (χ0) is 13.9. The lowest BCUT2D eigenvalue weighted by Gasteiger charge is -2.18. The first-order valence-corrected chi connectivity index (χ1v) is 5.46. The summed E-state index contributed by atoms with van der Waals surface area (Å²) >= 11 is 0. The van der Waals surface area contributed by atoms with Gasteiger partial charge in [0.25, 0.3) is 5.91 Å². The number of fused-ring (bicyclic) bond motifs is 1. The maximum Gasteiger partial charge on any atom is 0.270 e. The van der Waals surface area contributed by atoms with Gasteiger partial charge in [0.1, 0.15) is 11.6 Å². The molecule has 0 bridgehead atoms. The first-order valence-electron chi connectivity index (χ1n) is 5.46. The number of rotatable bonds is 1. The topological polar surface area (TPSA) is 120 Å². The van der Waals surface area contributed by atoms with Gasteiger partial charge >= 0.3 is 0 Å². The largest absolute Gasteiger partial charge is 0.386 e. The van der Waals surface area contributed by atoms with Crippen molar-refractivity contribution in [3.05, 3.63) is 0 Å². The molecule has 0 aromatic carbocycles. The Morgan fingerprint density at radius 2 is 1.83 bits per heavy atom. The molecular weight excluding hydrogens is 232 g/mol. The van der Waals surface area contributed by atoms with Gasteiger partial charge < -0.3 is 5.73 Å². The van der Waals surface area contributed by atoms with Crippen molar-refractivity contribution in [2.24, 2.45) is 32.9 Å². The molecule has 92 valence electrons. The van der Waals surface area contributed by atoms with E-state index in [2.05, 4.69) is 4.99 Å². The van der Waals surface area contributed by atoms with E-state index in [0.717, 1.165) is 0 Å². The molecule has 6 heteroatoms. The van der Waals surface area contributed by atoms with Crippen LogP contribution in [-0.2, 0) is 9.59 Å². The Balaban J connectivity index is 2.60. The van der Waals surface area contributed by atoms with Crippen LogP contribution in [0.5, 0.6) is 0 Å². The van der Waals surface area contributed by atoms with E-state index in [4.69, 9.17) is 5.73 Å². The summed E-state index contributed by atoms with van der Waals surface area (Å²) in [6.45, 7) is 5.03. The number of ketones is 1. The molecule has 0 spiro atoms. The Hall–Kier alpha value is -2.21. The molecule has 1 amide bonds. The molecule has 0 aromatic heterocycles. The number of hydrogen-bond acceptors (Lipinski definition) is 5. The average Bonchev–Trinajstić information content (AvgIpc) is 2.83. The van der Waals surface area contributed by atoms with Crippen molar-refractivity contribution in [2.45, 2.75) is 20.8 Å². The molecule has 18 heavy (non-hydrogen) atoms. The molecule has 6 nitrogen and oxygen atoms in total. The van der Waals surface area contributed by atoms with Gasteiger partial charge in [-0.2, -0.15) is 15.5 Å². The van der Waals surface area contributed by atoms with Crippen LogP contribution in [0, 0.1) is 44.8 Å². The lowest BCUT2D eigenvalue weighted by Crippen LogP contribution is -2.31. The summed E-state index contributed by atoms with van der Waals surface area (Å²) in [5.74, 6) is -2.28. The highest BCUT2D eigenvalue weighted by Crippen LogP contribution is 2.73. The van der Waals surface area contributed by atoms with E-state index in [1.54, 1.807) is 26.8 Å². The van der Waals surface area contributed by atoms with Crippen LogP contribution < -0.4 is 5.73 Å². The molecule has 0 unspecified atom stereocenters. The fourth-order valence-corrected chi connectivity index (χ4v) is 2.64. The van der Waals surface area contributed by atoms with Crippen LogP contribution >= 0.6 is 0 Å². The Bertz CT molecular complexity index is 587. The average molecular weight is 244 g/mol. The fourth-order valence-electron chi connectivity index (χ4n) is 2.64. The SMILES string of the molecule is CC(C)(C)C(=O)[C@@H]1[C@]2(C#N)C(=O)N=C(N)[C@@]12C#N. The predicted octanol–water partition coefficient (Wildman–Crippen LogP) is 0.149. The number of carbonyl (C=O) groups excluding carboxylic acids is 2. The number of carbonyl (C=O) groups is 2. The lowest BCUT2D eigenvalue weighted by atomic mass is 9.84. The molecule has 1 aliphatic carbocycles. The van der Waals surface area contributed by atoms with Crippen LogP contribution in [0.2, 0.25) is 0 Å². The van der Waals surface area contributed by atoms with Crippen LogP contribution in [0.4, 0.5) is 0 Å². The standard InChI is InChI=1S/C12H12N4O2/c1-10(2,3)7(17)6-11(4-13)8(15)16-9(18)12(6,11)5-14/h6H,1-3H3,(H2,15,16,18)/t6-,11+,12+/m0/s1. The van der Waals surface area contributed by atoms with Crippen LogP contribution in [0.1, 0.15) is 20.8 Å². The van der Waals surface area contributed by atoms with E-state index in [1.807, 2.05) is 6.07 Å². The van der Waals surface area contributed by atoms with Crippen LogP contribution in [0.3, 0.4) is 0 Å². The Morgan fingerprint density at radius 1 is 1.33 bits per heavy atom. The van der Waals surface area contributed by atoms with E-state index < -0.39 is 28.1 Å². The third kappa shape index (κ3) is 0.948. The minimum absolute atomic E-state index is 0.209. The van der Waals surface area contributed by atoms with Crippen LogP contribution in [0.15, 0.2) is 4.99 Å². The van der Waals surface area contributed by atoms with E-state index in [0.29, 0.717) is 0 Å². The number of hydrogen-bond donors (Lipinski definition) is 1. The van der Waals surface area contributed by atoms with Crippen molar-refractivity contribution in [3.8, 4) is 12.1 Å². The molecular formula is C12H12N4O2. The second kappa shape index (κ2) is 2.97. The highest BCUT2D eigenvalue weighted by atomic mass is 16.2. The smallest absolute Gasteiger partial charge is 0.270 e. The normalized spacial score (nSPS) is 37.3. The molecule has 1 heterocycles. The molecule has 0 aromatic rings. The minimum Gasteiger partial charge on any atom is -0.386 e. The summed E-state index contributed by atoms with van der Waals surface area (Å²) < 4.78 is 0. The van der Waals surface area contributed by atoms with Gasteiger partial charge in [0.15, 0.2) is 10.8 Å². The van der Waals surface area contributed by atoms with E-state index in [1.165, 1.54) is 0 Å². The van der Waals surface area contributed by atoms with Crippen LogP contribution in [0.25, 0.3) is 0 Å². The number of aliphatic imine (C=N–C) groups is 1. The van der Waals surface area contributed by atoms with Gasteiger partial charge in [0, 0.05) is 5.41 Å². The number of Topliss-reactive ketones (excluding diaryl/α,β-unsaturated/α-hetero) is 1. The summed E-state index contributed by atoms with van der Waals surface area (Å²) in [6, 6.07) is 3.67. The van der Waals surface area contributed by atoms with Crippen LogP contribution in [-0.4, -0.2) is 17.5 Å². The van der Waals surface area contributed by atoms with Gasteiger partial charge in [-0.25, -0.2) is 0 Å². The van der Waals surface area contributed by atoms with Gasteiger partial charge in [0.2, 0.25) is 0 Å². The van der Waals surface area contributed by atoms with E-state index >= 15 is 0 Å². The Morgan fingerprint density at radius 3 is 2.17 bits per heavy atom.